The molecule has 1 aromatic rings. The lowest BCUT2D eigenvalue weighted by Gasteiger charge is -2.54. The first-order valence-electron chi connectivity index (χ1n) is 17.4. The smallest absolute Gasteiger partial charge is 0.303 e. The van der Waals surface area contributed by atoms with Crippen LogP contribution < -0.4 is 5.73 Å². The highest BCUT2D eigenvalue weighted by Crippen LogP contribution is 2.57. The highest BCUT2D eigenvalue weighted by Gasteiger charge is 2.54. The lowest BCUT2D eigenvalue weighted by Crippen LogP contribution is -2.54. The molecule has 1 fully saturated rings. The lowest BCUT2D eigenvalue weighted by atomic mass is 9.49. The molecule has 4 rings (SSSR count). The number of carbonyl (C=O) groups excluding carboxylic acids is 1. The number of unbranched alkanes of at least 4 members (excludes halogenated alkanes) is 9. The maximum absolute atomic E-state index is 12.2. The lowest BCUT2D eigenvalue weighted by molar-refractivity contribution is -0.137. The molecule has 0 bridgehead atoms. The predicted octanol–water partition coefficient (Wildman–Crippen LogP) is 10.0. The predicted molar refractivity (Wildman–Crippen MR) is 176 cm³/mol. The number of hydrogen-bond donors (Lipinski definition) is 2. The summed E-state index contributed by atoms with van der Waals surface area (Å²) in [5.41, 5.74) is 9.97. The quantitative estimate of drug-likeness (QED) is 0.160. The first kappa shape index (κ1) is 34.4. The number of carbonyl (C=O) groups is 2. The van der Waals surface area contributed by atoms with Crippen LogP contribution in [0, 0.1) is 17.3 Å². The molecule has 3 aliphatic carbocycles. The summed E-state index contributed by atoms with van der Waals surface area (Å²) in [6.45, 7) is 8.97. The molecule has 4 heteroatoms. The van der Waals surface area contributed by atoms with Gasteiger partial charge in [-0.2, -0.15) is 0 Å². The Bertz CT molecular complexity index is 1030. The second-order valence-corrected chi connectivity index (χ2v) is 14.4. The van der Waals surface area contributed by atoms with Gasteiger partial charge < -0.3 is 10.8 Å². The zero-order valence-corrected chi connectivity index (χ0v) is 27.4. The van der Waals surface area contributed by atoms with Crippen LogP contribution in [0.15, 0.2) is 30.4 Å². The Hall–Kier alpha value is -2.10. The summed E-state index contributed by atoms with van der Waals surface area (Å²) in [7, 11) is 0. The summed E-state index contributed by atoms with van der Waals surface area (Å²) in [6, 6.07) is 7.02. The van der Waals surface area contributed by atoms with Gasteiger partial charge in [0.15, 0.2) is 0 Å². The molecule has 236 valence electrons. The van der Waals surface area contributed by atoms with Gasteiger partial charge in [-0.25, -0.2) is 0 Å². The summed E-state index contributed by atoms with van der Waals surface area (Å²) >= 11 is 0. The third kappa shape index (κ3) is 9.45. The number of aryl methyl sites for hydroxylation is 1. The van der Waals surface area contributed by atoms with Crippen LogP contribution in [0.2, 0.25) is 0 Å². The molecule has 1 aromatic carbocycles. The Morgan fingerprint density at radius 1 is 0.929 bits per heavy atom. The first-order valence-corrected chi connectivity index (χ1v) is 17.4. The van der Waals surface area contributed by atoms with Gasteiger partial charge in [-0.15, -0.1) is 0 Å². The van der Waals surface area contributed by atoms with E-state index in [1.807, 2.05) is 0 Å². The van der Waals surface area contributed by atoms with Gasteiger partial charge in [0, 0.05) is 11.8 Å². The maximum atomic E-state index is 12.2. The topological polar surface area (TPSA) is 80.4 Å². The van der Waals surface area contributed by atoms with Crippen molar-refractivity contribution in [3.05, 3.63) is 47.0 Å². The van der Waals surface area contributed by atoms with E-state index >= 15 is 0 Å². The molecule has 4 unspecified atom stereocenters. The van der Waals surface area contributed by atoms with E-state index in [2.05, 4.69) is 58.0 Å². The molecule has 0 spiro atoms. The molecule has 0 aliphatic heterocycles. The van der Waals surface area contributed by atoms with Crippen molar-refractivity contribution in [1.29, 1.82) is 0 Å². The van der Waals surface area contributed by atoms with Gasteiger partial charge in [0.25, 0.3) is 0 Å². The fourth-order valence-electron chi connectivity index (χ4n) is 8.20. The van der Waals surface area contributed by atoms with E-state index in [9.17, 15) is 9.59 Å². The summed E-state index contributed by atoms with van der Waals surface area (Å²) in [5, 5.41) is 8.52. The van der Waals surface area contributed by atoms with Crippen LogP contribution in [0.4, 0.5) is 0 Å². The summed E-state index contributed by atoms with van der Waals surface area (Å²) in [4.78, 5) is 22.5. The molecule has 0 saturated heterocycles. The van der Waals surface area contributed by atoms with Crippen LogP contribution in [0.1, 0.15) is 166 Å². The number of hydrogen-bond acceptors (Lipinski definition) is 2. The van der Waals surface area contributed by atoms with Crippen LogP contribution in [-0.4, -0.2) is 17.0 Å². The number of amides is 1. The number of allylic oxidation sites excluding steroid dienone is 2. The fraction of sp³-hybridized carbons (Fsp3) is 0.737. The molecule has 1 saturated carbocycles. The normalized spacial score (nSPS) is 26.3. The monoisotopic (exact) mass is 579 g/mol. The molecule has 4 atom stereocenters. The summed E-state index contributed by atoms with van der Waals surface area (Å²) in [6.07, 6.45) is 27.3. The van der Waals surface area contributed by atoms with Crippen molar-refractivity contribution in [2.45, 2.75) is 161 Å². The number of aliphatic carboxylic acids is 1. The fourth-order valence-corrected chi connectivity index (χ4v) is 8.20. The highest BCUT2D eigenvalue weighted by molar-refractivity contribution is 5.81. The van der Waals surface area contributed by atoms with E-state index in [0.717, 1.165) is 44.4 Å². The van der Waals surface area contributed by atoms with Crippen LogP contribution in [-0.2, 0) is 21.4 Å². The van der Waals surface area contributed by atoms with Crippen LogP contribution in [0.25, 0.3) is 0 Å². The second kappa shape index (κ2) is 16.7. The van der Waals surface area contributed by atoms with E-state index in [1.54, 1.807) is 0 Å². The Balaban J connectivity index is 0.000000232. The van der Waals surface area contributed by atoms with Crippen LogP contribution >= 0.6 is 0 Å². The molecule has 3 aliphatic rings. The summed E-state index contributed by atoms with van der Waals surface area (Å²) < 4.78 is 0. The third-order valence-corrected chi connectivity index (χ3v) is 10.9. The largest absolute Gasteiger partial charge is 0.481 e. The Morgan fingerprint density at radius 2 is 1.57 bits per heavy atom. The minimum absolute atomic E-state index is 0.102. The van der Waals surface area contributed by atoms with Crippen molar-refractivity contribution < 1.29 is 14.7 Å². The number of carboxylic acid groups (broad SMARTS) is 1. The van der Waals surface area contributed by atoms with Gasteiger partial charge in [0.2, 0.25) is 5.91 Å². The van der Waals surface area contributed by atoms with Gasteiger partial charge in [0.1, 0.15) is 0 Å². The zero-order valence-electron chi connectivity index (χ0n) is 27.4. The molecule has 0 heterocycles. The summed E-state index contributed by atoms with van der Waals surface area (Å²) in [5.74, 6) is 1.08. The number of rotatable bonds is 15. The van der Waals surface area contributed by atoms with Crippen molar-refractivity contribution in [3.8, 4) is 0 Å². The molecule has 1 amide bonds. The van der Waals surface area contributed by atoms with Crippen molar-refractivity contribution in [1.82, 2.24) is 0 Å². The molecular weight excluding hydrogens is 518 g/mol. The molecule has 42 heavy (non-hydrogen) atoms. The minimum atomic E-state index is -0.655. The van der Waals surface area contributed by atoms with Crippen LogP contribution in [0.5, 0.6) is 0 Å². The number of nitrogens with two attached hydrogens (primary N) is 1. The average molecular weight is 580 g/mol. The van der Waals surface area contributed by atoms with Crippen molar-refractivity contribution >= 4 is 11.9 Å². The Morgan fingerprint density at radius 3 is 2.14 bits per heavy atom. The van der Waals surface area contributed by atoms with Crippen molar-refractivity contribution in [2.75, 3.05) is 0 Å². The molecule has 0 radical (unpaired) electrons. The van der Waals surface area contributed by atoms with Crippen molar-refractivity contribution in [2.24, 2.45) is 23.0 Å². The van der Waals surface area contributed by atoms with E-state index in [0.29, 0.717) is 18.3 Å². The second-order valence-electron chi connectivity index (χ2n) is 14.4. The SMILES string of the molecule is CC(C)c1ccc2c(c1)CCC1C(C)(C(N)=O)CCCC21C.O=C(O)CCCCCCCCCCCCC1C=CCC1. The van der Waals surface area contributed by atoms with E-state index in [-0.39, 0.29) is 16.7 Å². The third-order valence-electron chi connectivity index (χ3n) is 10.9. The molecule has 3 N–H and O–H groups in total. The molecule has 4 nitrogen and oxygen atoms in total. The van der Waals surface area contributed by atoms with Crippen molar-refractivity contribution in [3.63, 3.8) is 0 Å². The standard InChI is InChI=1S/C20H29NO.C18H32O2/c1-13(2)14-6-8-16-15(12-14)7-9-17-19(16,3)10-5-11-20(17,4)18(21)22;19-18(20)16-10-8-6-4-2-1-3-5-7-9-13-17-14-11-12-15-17/h6,8,12-13,17H,5,7,9-11H2,1-4H3,(H2,21,22);11,14,17H,1-10,12-13,15-16H2,(H,19,20). The zero-order chi connectivity index (χ0) is 30.6. The number of fused-ring (bicyclic) bond motifs is 3. The number of carboxylic acids is 1. The van der Waals surface area contributed by atoms with Gasteiger partial charge in [0.05, 0.1) is 0 Å². The first-order chi connectivity index (χ1) is 20.1. The molecular formula is C38H61NO3. The van der Waals surface area contributed by atoms with Gasteiger partial charge >= 0.3 is 5.97 Å². The van der Waals surface area contributed by atoms with Crippen LogP contribution in [0.3, 0.4) is 0 Å². The number of primary amides is 1. The Labute approximate surface area is 257 Å². The number of benzene rings is 1. The van der Waals surface area contributed by atoms with E-state index < -0.39 is 5.97 Å². The highest BCUT2D eigenvalue weighted by atomic mass is 16.4. The van der Waals surface area contributed by atoms with Gasteiger partial charge in [-0.05, 0) is 91.2 Å². The average Bonchev–Trinajstić information content (AvgIpc) is 3.47. The maximum Gasteiger partial charge on any atom is 0.303 e. The minimum Gasteiger partial charge on any atom is -0.481 e. The van der Waals surface area contributed by atoms with E-state index in [1.165, 1.54) is 93.7 Å². The van der Waals surface area contributed by atoms with Gasteiger partial charge in [-0.3, -0.25) is 9.59 Å². The van der Waals surface area contributed by atoms with Gasteiger partial charge in [-0.1, -0.05) is 122 Å². The van der Waals surface area contributed by atoms with E-state index in [4.69, 9.17) is 10.8 Å². The Kier molecular flexibility index (Phi) is 13.6. The molecule has 0 aromatic heterocycles.